The van der Waals surface area contributed by atoms with E-state index in [-0.39, 0.29) is 15.1 Å². The van der Waals surface area contributed by atoms with Crippen LogP contribution in [0.25, 0.3) is 0 Å². The van der Waals surface area contributed by atoms with E-state index < -0.39 is 12.2 Å². The van der Waals surface area contributed by atoms with Crippen LogP contribution in [0.15, 0.2) is 16.6 Å². The third kappa shape index (κ3) is 1.93. The highest BCUT2D eigenvalue weighted by molar-refractivity contribution is 9.10. The van der Waals surface area contributed by atoms with Gasteiger partial charge < -0.3 is 0 Å². The summed E-state index contributed by atoms with van der Waals surface area (Å²) in [4.78, 5) is 0. The Morgan fingerprint density at radius 2 is 1.92 bits per heavy atom. The monoisotopic (exact) mass is 258 g/mol. The third-order valence-corrected chi connectivity index (χ3v) is 2.50. The van der Waals surface area contributed by atoms with Crippen molar-refractivity contribution in [3.05, 3.63) is 33.0 Å². The van der Waals surface area contributed by atoms with Crippen LogP contribution in [-0.2, 0) is 0 Å². The van der Waals surface area contributed by atoms with Crippen LogP contribution in [0.5, 0.6) is 0 Å². The second kappa shape index (κ2) is 3.66. The van der Waals surface area contributed by atoms with Crippen LogP contribution in [-0.4, -0.2) is 0 Å². The van der Waals surface area contributed by atoms with Gasteiger partial charge in [0, 0.05) is 10.0 Å². The zero-order chi connectivity index (χ0) is 9.30. The molecule has 0 spiro atoms. The number of halogens is 5. The molecule has 0 aliphatic carbocycles. The molecule has 0 saturated heterocycles. The summed E-state index contributed by atoms with van der Waals surface area (Å²) in [7, 11) is 0. The average Bonchev–Trinajstić information content (AvgIpc) is 1.99. The van der Waals surface area contributed by atoms with Gasteiger partial charge in [0.2, 0.25) is 0 Å². The Hall–Kier alpha value is -0.220. The van der Waals surface area contributed by atoms with Crippen LogP contribution < -0.4 is 0 Å². The van der Waals surface area contributed by atoms with Gasteiger partial charge in [0.05, 0.1) is 5.02 Å². The maximum Gasteiger partial charge on any atom is 0.263 e. The molecule has 0 fully saturated rings. The van der Waals surface area contributed by atoms with Crippen molar-refractivity contribution in [3.8, 4) is 0 Å². The van der Waals surface area contributed by atoms with Crippen molar-refractivity contribution in [2.24, 2.45) is 0 Å². The molecule has 0 atom stereocenters. The Labute approximate surface area is 80.5 Å². The van der Waals surface area contributed by atoms with Crippen LogP contribution in [0.4, 0.5) is 13.2 Å². The predicted molar refractivity (Wildman–Crippen MR) is 44.1 cm³/mol. The van der Waals surface area contributed by atoms with Gasteiger partial charge in [-0.1, -0.05) is 11.6 Å². The van der Waals surface area contributed by atoms with Gasteiger partial charge in [-0.15, -0.1) is 0 Å². The number of rotatable bonds is 1. The van der Waals surface area contributed by atoms with E-state index in [1.54, 1.807) is 0 Å². The topological polar surface area (TPSA) is 0 Å². The fraction of sp³-hybridized carbons (Fsp3) is 0.143. The first-order valence-corrected chi connectivity index (χ1v) is 4.12. The molecule has 1 rings (SSSR count). The summed E-state index contributed by atoms with van der Waals surface area (Å²) in [6.07, 6.45) is -2.69. The molecule has 0 N–H and O–H groups in total. The number of hydrogen-bond donors (Lipinski definition) is 0. The zero-order valence-corrected chi connectivity index (χ0v) is 7.96. The van der Waals surface area contributed by atoms with Gasteiger partial charge >= 0.3 is 0 Å². The Balaban J connectivity index is 3.21. The summed E-state index contributed by atoms with van der Waals surface area (Å²) in [6.45, 7) is 0. The van der Waals surface area contributed by atoms with Crippen LogP contribution in [0, 0.1) is 5.82 Å². The standard InChI is InChI=1S/C7H3BrClF3/c8-4-1-3(7(11)12)2-5(10)6(4)9/h1-2,7H. The molecule has 0 saturated carbocycles. The van der Waals surface area contributed by atoms with Crippen molar-refractivity contribution in [1.29, 1.82) is 0 Å². The molecule has 5 heteroatoms. The molecule has 0 bridgehead atoms. The summed E-state index contributed by atoms with van der Waals surface area (Å²) in [5.74, 6) is -0.846. The minimum absolute atomic E-state index is 0.138. The molecule has 0 heterocycles. The number of benzene rings is 1. The molecule has 0 nitrogen and oxygen atoms in total. The first-order valence-electron chi connectivity index (χ1n) is 2.95. The van der Waals surface area contributed by atoms with E-state index in [4.69, 9.17) is 11.6 Å². The molecule has 1 aromatic carbocycles. The van der Waals surface area contributed by atoms with Crippen molar-refractivity contribution >= 4 is 27.5 Å². The lowest BCUT2D eigenvalue weighted by Crippen LogP contribution is -1.87. The van der Waals surface area contributed by atoms with Gasteiger partial charge in [0.1, 0.15) is 5.82 Å². The van der Waals surface area contributed by atoms with E-state index in [2.05, 4.69) is 15.9 Å². The van der Waals surface area contributed by atoms with E-state index in [9.17, 15) is 13.2 Å². The maximum atomic E-state index is 12.7. The maximum absolute atomic E-state index is 12.7. The highest BCUT2D eigenvalue weighted by atomic mass is 79.9. The van der Waals surface area contributed by atoms with Gasteiger partial charge in [0.15, 0.2) is 0 Å². The second-order valence-electron chi connectivity index (χ2n) is 2.10. The zero-order valence-electron chi connectivity index (χ0n) is 5.62. The normalized spacial score (nSPS) is 10.8. The largest absolute Gasteiger partial charge is 0.263 e. The fourth-order valence-electron chi connectivity index (χ4n) is 0.701. The Morgan fingerprint density at radius 3 is 2.33 bits per heavy atom. The van der Waals surface area contributed by atoms with Gasteiger partial charge in [-0.2, -0.15) is 0 Å². The van der Waals surface area contributed by atoms with Gasteiger partial charge in [0.25, 0.3) is 6.43 Å². The van der Waals surface area contributed by atoms with E-state index in [0.29, 0.717) is 0 Å². The van der Waals surface area contributed by atoms with E-state index >= 15 is 0 Å². The van der Waals surface area contributed by atoms with Crippen LogP contribution >= 0.6 is 27.5 Å². The molecule has 12 heavy (non-hydrogen) atoms. The highest BCUT2D eigenvalue weighted by Crippen LogP contribution is 2.30. The van der Waals surface area contributed by atoms with Gasteiger partial charge in [-0.05, 0) is 28.1 Å². The highest BCUT2D eigenvalue weighted by Gasteiger charge is 2.12. The minimum Gasteiger partial charge on any atom is -0.205 e. The summed E-state index contributed by atoms with van der Waals surface area (Å²) < 4.78 is 36.9. The van der Waals surface area contributed by atoms with Crippen LogP contribution in [0.2, 0.25) is 5.02 Å². The van der Waals surface area contributed by atoms with Gasteiger partial charge in [-0.25, -0.2) is 13.2 Å². The van der Waals surface area contributed by atoms with Crippen molar-refractivity contribution in [2.45, 2.75) is 6.43 Å². The first kappa shape index (κ1) is 9.86. The lowest BCUT2D eigenvalue weighted by Gasteiger charge is -2.02. The number of hydrogen-bond acceptors (Lipinski definition) is 0. The minimum atomic E-state index is -2.69. The smallest absolute Gasteiger partial charge is 0.205 e. The summed E-state index contributed by atoms with van der Waals surface area (Å²) in [5.41, 5.74) is -0.385. The molecular weight excluding hydrogens is 256 g/mol. The first-order chi connectivity index (χ1) is 5.52. The molecule has 0 unspecified atom stereocenters. The molecule has 0 aromatic heterocycles. The lowest BCUT2D eigenvalue weighted by atomic mass is 10.2. The molecule has 0 aliphatic heterocycles. The molecular formula is C7H3BrClF3. The van der Waals surface area contributed by atoms with Crippen molar-refractivity contribution in [1.82, 2.24) is 0 Å². The molecule has 0 radical (unpaired) electrons. The average molecular weight is 259 g/mol. The van der Waals surface area contributed by atoms with Crippen LogP contribution in [0.3, 0.4) is 0 Å². The fourth-order valence-corrected chi connectivity index (χ4v) is 1.26. The lowest BCUT2D eigenvalue weighted by molar-refractivity contribution is 0.151. The van der Waals surface area contributed by atoms with Crippen LogP contribution in [0.1, 0.15) is 12.0 Å². The molecule has 0 amide bonds. The predicted octanol–water partition coefficient (Wildman–Crippen LogP) is 4.18. The Bertz CT molecular complexity index is 278. The van der Waals surface area contributed by atoms with Crippen molar-refractivity contribution < 1.29 is 13.2 Å². The second-order valence-corrected chi connectivity index (χ2v) is 3.33. The molecule has 1 aromatic rings. The van der Waals surface area contributed by atoms with E-state index in [1.807, 2.05) is 0 Å². The summed E-state index contributed by atoms with van der Waals surface area (Å²) >= 11 is 8.25. The summed E-state index contributed by atoms with van der Waals surface area (Å²) in [5, 5.41) is -0.181. The Morgan fingerprint density at radius 1 is 1.33 bits per heavy atom. The summed E-state index contributed by atoms with van der Waals surface area (Å²) in [6, 6.07) is 1.81. The third-order valence-electron chi connectivity index (χ3n) is 1.26. The van der Waals surface area contributed by atoms with Gasteiger partial charge in [-0.3, -0.25) is 0 Å². The van der Waals surface area contributed by atoms with E-state index in [1.165, 1.54) is 0 Å². The molecule has 0 aliphatic rings. The molecule has 66 valence electrons. The Kier molecular flexibility index (Phi) is 3.01. The SMILES string of the molecule is Fc1cc(C(F)F)cc(Br)c1Cl. The number of alkyl halides is 2. The van der Waals surface area contributed by atoms with E-state index in [0.717, 1.165) is 12.1 Å². The van der Waals surface area contributed by atoms with Crippen molar-refractivity contribution in [3.63, 3.8) is 0 Å². The quantitative estimate of drug-likeness (QED) is 0.664. The van der Waals surface area contributed by atoms with Crippen molar-refractivity contribution in [2.75, 3.05) is 0 Å².